The van der Waals surface area contributed by atoms with Crippen molar-refractivity contribution < 1.29 is 14.7 Å². The van der Waals surface area contributed by atoms with E-state index in [0.717, 1.165) is 18.4 Å². The number of nitrogens with one attached hydrogen (secondary N) is 1. The molecule has 122 valence electrons. The highest BCUT2D eigenvalue weighted by Gasteiger charge is 2.22. The largest absolute Gasteiger partial charge is 0.385 e. The highest BCUT2D eigenvalue weighted by atomic mass is 16.3. The molecule has 3 atom stereocenters. The van der Waals surface area contributed by atoms with Crippen molar-refractivity contribution >= 4 is 11.7 Å². The van der Waals surface area contributed by atoms with Gasteiger partial charge in [0.1, 0.15) is 6.10 Å². The molecule has 1 aromatic carbocycles. The smallest absolute Gasteiger partial charge is 0.220 e. The number of amides is 1. The van der Waals surface area contributed by atoms with Crippen LogP contribution in [0.25, 0.3) is 0 Å². The van der Waals surface area contributed by atoms with Crippen molar-refractivity contribution in [3.63, 3.8) is 0 Å². The number of rotatable bonds is 9. The molecular weight excluding hydrogens is 278 g/mol. The summed E-state index contributed by atoms with van der Waals surface area (Å²) in [7, 11) is 0. The maximum absolute atomic E-state index is 11.9. The minimum Gasteiger partial charge on any atom is -0.385 e. The Morgan fingerprint density at radius 1 is 1.14 bits per heavy atom. The predicted molar refractivity (Wildman–Crippen MR) is 87.3 cm³/mol. The van der Waals surface area contributed by atoms with Crippen LogP contribution in [0.5, 0.6) is 0 Å². The molecule has 22 heavy (non-hydrogen) atoms. The quantitative estimate of drug-likeness (QED) is 0.737. The first-order valence-electron chi connectivity index (χ1n) is 8.01. The number of benzene rings is 1. The fourth-order valence-electron chi connectivity index (χ4n) is 2.45. The lowest BCUT2D eigenvalue weighted by Gasteiger charge is -2.16. The summed E-state index contributed by atoms with van der Waals surface area (Å²) in [6.07, 6.45) is 0.977. The third kappa shape index (κ3) is 5.98. The maximum atomic E-state index is 11.9. The van der Waals surface area contributed by atoms with E-state index in [1.54, 1.807) is 0 Å². The van der Waals surface area contributed by atoms with Gasteiger partial charge in [-0.25, -0.2) is 0 Å². The normalized spacial score (nSPS) is 14.9. The number of hydrogen-bond donors (Lipinski definition) is 2. The Morgan fingerprint density at radius 3 is 2.36 bits per heavy atom. The van der Waals surface area contributed by atoms with Gasteiger partial charge in [0.2, 0.25) is 5.91 Å². The van der Waals surface area contributed by atoms with Gasteiger partial charge in [0.15, 0.2) is 5.78 Å². The molecule has 4 heteroatoms. The van der Waals surface area contributed by atoms with Gasteiger partial charge in [0, 0.05) is 12.3 Å². The van der Waals surface area contributed by atoms with Crippen molar-refractivity contribution in [1.29, 1.82) is 0 Å². The van der Waals surface area contributed by atoms with E-state index in [0.29, 0.717) is 0 Å². The zero-order valence-corrected chi connectivity index (χ0v) is 13.7. The molecule has 0 bridgehead atoms. The SMILES string of the molecule is CCCC(C)C(=O)[C@H](O)CCC(=O)N[C@H](C)c1ccccc1. The molecule has 0 heterocycles. The minimum atomic E-state index is -1.04. The van der Waals surface area contributed by atoms with E-state index < -0.39 is 6.10 Å². The molecule has 1 aromatic rings. The van der Waals surface area contributed by atoms with E-state index >= 15 is 0 Å². The van der Waals surface area contributed by atoms with Crippen LogP contribution in [0.1, 0.15) is 58.1 Å². The fraction of sp³-hybridized carbons (Fsp3) is 0.556. The zero-order chi connectivity index (χ0) is 16.5. The Hall–Kier alpha value is -1.68. The first kappa shape index (κ1) is 18.4. The highest BCUT2D eigenvalue weighted by Crippen LogP contribution is 2.14. The van der Waals surface area contributed by atoms with Crippen LogP contribution >= 0.6 is 0 Å². The lowest BCUT2D eigenvalue weighted by molar-refractivity contribution is -0.131. The Labute approximate surface area is 132 Å². The van der Waals surface area contributed by atoms with E-state index in [2.05, 4.69) is 5.32 Å². The second-order valence-electron chi connectivity index (χ2n) is 5.85. The molecule has 4 nitrogen and oxygen atoms in total. The summed E-state index contributed by atoms with van der Waals surface area (Å²) in [5.74, 6) is -0.455. The molecule has 0 aliphatic carbocycles. The zero-order valence-electron chi connectivity index (χ0n) is 13.7. The Morgan fingerprint density at radius 2 is 1.77 bits per heavy atom. The highest BCUT2D eigenvalue weighted by molar-refractivity contribution is 5.85. The number of carbonyl (C=O) groups excluding carboxylic acids is 2. The number of Topliss-reactive ketones (excluding diaryl/α,β-unsaturated/α-hetero) is 1. The van der Waals surface area contributed by atoms with E-state index in [1.165, 1.54) is 0 Å². The molecule has 0 fully saturated rings. The van der Waals surface area contributed by atoms with Crippen LogP contribution < -0.4 is 5.32 Å². The van der Waals surface area contributed by atoms with Gasteiger partial charge in [0.25, 0.3) is 0 Å². The average molecular weight is 305 g/mol. The number of aliphatic hydroxyl groups excluding tert-OH is 1. The standard InChI is InChI=1S/C18H27NO3/c1-4-8-13(2)18(22)16(20)11-12-17(21)19-14(3)15-9-6-5-7-10-15/h5-7,9-10,13-14,16,20H,4,8,11-12H2,1-3H3,(H,19,21)/t13?,14-,16-/m1/s1. The average Bonchev–Trinajstić information content (AvgIpc) is 2.52. The fourth-order valence-corrected chi connectivity index (χ4v) is 2.45. The number of carbonyl (C=O) groups is 2. The summed E-state index contributed by atoms with van der Waals surface area (Å²) in [4.78, 5) is 23.8. The van der Waals surface area contributed by atoms with Crippen LogP contribution in [-0.4, -0.2) is 22.9 Å². The summed E-state index contributed by atoms with van der Waals surface area (Å²) in [6.45, 7) is 5.75. The Balaban J connectivity index is 2.38. The van der Waals surface area contributed by atoms with Crippen LogP contribution in [0.2, 0.25) is 0 Å². The molecule has 0 aromatic heterocycles. The summed E-state index contributed by atoms with van der Waals surface area (Å²) < 4.78 is 0. The van der Waals surface area contributed by atoms with Crippen LogP contribution in [-0.2, 0) is 9.59 Å². The minimum absolute atomic E-state index is 0.0828. The molecule has 1 rings (SSSR count). The van der Waals surface area contributed by atoms with Gasteiger partial charge in [0.05, 0.1) is 6.04 Å². The number of ketones is 1. The first-order chi connectivity index (χ1) is 10.5. The monoisotopic (exact) mass is 305 g/mol. The molecule has 1 unspecified atom stereocenters. The molecule has 0 saturated heterocycles. The lowest BCUT2D eigenvalue weighted by Crippen LogP contribution is -2.31. The van der Waals surface area contributed by atoms with Crippen molar-refractivity contribution in [3.05, 3.63) is 35.9 Å². The third-order valence-electron chi connectivity index (χ3n) is 3.86. The second-order valence-corrected chi connectivity index (χ2v) is 5.85. The maximum Gasteiger partial charge on any atom is 0.220 e. The van der Waals surface area contributed by atoms with E-state index in [9.17, 15) is 14.7 Å². The van der Waals surface area contributed by atoms with Gasteiger partial charge in [-0.1, -0.05) is 50.6 Å². The number of hydrogen-bond acceptors (Lipinski definition) is 3. The van der Waals surface area contributed by atoms with Crippen LogP contribution in [0.15, 0.2) is 30.3 Å². The Kier molecular flexibility index (Phi) is 7.82. The summed E-state index contributed by atoms with van der Waals surface area (Å²) in [5, 5.41) is 12.8. The molecule has 0 spiro atoms. The number of aliphatic hydroxyl groups is 1. The molecule has 0 aliphatic rings. The van der Waals surface area contributed by atoms with Crippen LogP contribution in [0.4, 0.5) is 0 Å². The molecule has 2 N–H and O–H groups in total. The van der Waals surface area contributed by atoms with Crippen molar-refractivity contribution in [2.24, 2.45) is 5.92 Å². The van der Waals surface area contributed by atoms with Gasteiger partial charge in [-0.3, -0.25) is 9.59 Å². The van der Waals surface area contributed by atoms with E-state index in [-0.39, 0.29) is 36.5 Å². The van der Waals surface area contributed by atoms with Gasteiger partial charge >= 0.3 is 0 Å². The van der Waals surface area contributed by atoms with Crippen molar-refractivity contribution in [3.8, 4) is 0 Å². The molecule has 0 radical (unpaired) electrons. The lowest BCUT2D eigenvalue weighted by atomic mass is 9.95. The second kappa shape index (κ2) is 9.36. The first-order valence-corrected chi connectivity index (χ1v) is 8.01. The molecule has 0 aliphatic heterocycles. The molecular formula is C18H27NO3. The van der Waals surface area contributed by atoms with Crippen LogP contribution in [0.3, 0.4) is 0 Å². The molecule has 1 amide bonds. The third-order valence-corrected chi connectivity index (χ3v) is 3.86. The van der Waals surface area contributed by atoms with Gasteiger partial charge in [-0.15, -0.1) is 0 Å². The van der Waals surface area contributed by atoms with Gasteiger partial charge in [-0.2, -0.15) is 0 Å². The van der Waals surface area contributed by atoms with Gasteiger partial charge in [-0.05, 0) is 25.3 Å². The Bertz CT molecular complexity index is 472. The van der Waals surface area contributed by atoms with Gasteiger partial charge < -0.3 is 10.4 Å². The van der Waals surface area contributed by atoms with Crippen molar-refractivity contribution in [2.45, 2.75) is 58.6 Å². The summed E-state index contributed by atoms with van der Waals surface area (Å²) in [6, 6.07) is 9.61. The van der Waals surface area contributed by atoms with Crippen molar-refractivity contribution in [1.82, 2.24) is 5.32 Å². The topological polar surface area (TPSA) is 66.4 Å². The van der Waals surface area contributed by atoms with E-state index in [4.69, 9.17) is 0 Å². The van der Waals surface area contributed by atoms with Crippen LogP contribution in [0, 0.1) is 5.92 Å². The summed E-state index contributed by atoms with van der Waals surface area (Å²) in [5.41, 5.74) is 1.03. The molecule has 0 saturated carbocycles. The predicted octanol–water partition coefficient (Wildman–Crippen LogP) is 3.01. The summed E-state index contributed by atoms with van der Waals surface area (Å²) >= 11 is 0. The van der Waals surface area contributed by atoms with E-state index in [1.807, 2.05) is 51.1 Å². The van der Waals surface area contributed by atoms with Crippen molar-refractivity contribution in [2.75, 3.05) is 0 Å².